The molecule has 0 fully saturated rings. The lowest BCUT2D eigenvalue weighted by Gasteiger charge is -2.15. The van der Waals surface area contributed by atoms with Crippen LogP contribution < -0.4 is 0 Å². The Morgan fingerprint density at radius 1 is 0.351 bits per heavy atom. The summed E-state index contributed by atoms with van der Waals surface area (Å²) >= 11 is 0. The predicted molar refractivity (Wildman–Crippen MR) is 260 cm³/mol. The fourth-order valence-electron chi connectivity index (χ4n) is 7.24. The summed E-state index contributed by atoms with van der Waals surface area (Å²) in [5.74, 6) is 0.799. The second kappa shape index (κ2) is 49.7. The van der Waals surface area contributed by atoms with E-state index in [4.69, 9.17) is 0 Å². The Morgan fingerprint density at radius 3 is 1.04 bits per heavy atom. The first-order valence-electron chi connectivity index (χ1n) is 25.0. The average Bonchev–Trinajstić information content (AvgIpc) is 3.22. The first-order valence-corrected chi connectivity index (χ1v) is 25.0. The van der Waals surface area contributed by atoms with Crippen molar-refractivity contribution >= 4 is 5.78 Å². The fourth-order valence-corrected chi connectivity index (χ4v) is 7.24. The van der Waals surface area contributed by atoms with E-state index in [2.05, 4.69) is 118 Å². The fraction of sp³-hybridized carbons (Fsp3) is 0.696. The van der Waals surface area contributed by atoms with Crippen LogP contribution in [0.4, 0.5) is 0 Å². The molecule has 1 nitrogen and oxygen atoms in total. The lowest BCUT2D eigenvalue weighted by atomic mass is 9.99. The number of ketones is 1. The van der Waals surface area contributed by atoms with Gasteiger partial charge in [0.25, 0.3) is 0 Å². The van der Waals surface area contributed by atoms with Crippen LogP contribution >= 0.6 is 0 Å². The van der Waals surface area contributed by atoms with Gasteiger partial charge in [0, 0.05) is 12.3 Å². The number of carbonyl (C=O) groups excluding carboxylic acids is 1. The lowest BCUT2D eigenvalue weighted by molar-refractivity contribution is -0.123. The highest BCUT2D eigenvalue weighted by atomic mass is 16.1. The van der Waals surface area contributed by atoms with Crippen LogP contribution in [0.1, 0.15) is 245 Å². The number of allylic oxidation sites excluding steroid dienone is 16. The third-order valence-corrected chi connectivity index (χ3v) is 11.0. The van der Waals surface area contributed by atoms with E-state index in [1.165, 1.54) is 135 Å². The zero-order valence-electron chi connectivity index (χ0n) is 38.5. The van der Waals surface area contributed by atoms with Crippen LogP contribution in [-0.4, -0.2) is 5.78 Å². The minimum Gasteiger partial charge on any atom is -0.299 e. The highest BCUT2D eigenvalue weighted by molar-refractivity contribution is 5.80. The van der Waals surface area contributed by atoms with Crippen molar-refractivity contribution in [1.82, 2.24) is 0 Å². The molecule has 0 N–H and O–H groups in total. The molecule has 0 rings (SSSR count). The molecule has 0 aromatic rings. The number of carbonyl (C=O) groups is 1. The highest BCUT2D eigenvalue weighted by Gasteiger charge is 2.17. The minimum absolute atomic E-state index is 0.255. The summed E-state index contributed by atoms with van der Waals surface area (Å²) in [5.41, 5.74) is 0. The van der Waals surface area contributed by atoms with E-state index in [-0.39, 0.29) is 5.92 Å². The second-order valence-electron chi connectivity index (χ2n) is 16.5. The van der Waals surface area contributed by atoms with Crippen LogP contribution in [0.5, 0.6) is 0 Å². The molecular formula is C56H96O. The summed E-state index contributed by atoms with van der Waals surface area (Å²) in [6.07, 6.45) is 79.5. The monoisotopic (exact) mass is 787 g/mol. The Bertz CT molecular complexity index is 1050. The maximum absolute atomic E-state index is 13.4. The van der Waals surface area contributed by atoms with Gasteiger partial charge in [0.05, 0.1) is 0 Å². The van der Waals surface area contributed by atoms with Crippen LogP contribution in [0.3, 0.4) is 0 Å². The van der Waals surface area contributed by atoms with Crippen LogP contribution in [-0.2, 0) is 4.79 Å². The van der Waals surface area contributed by atoms with Crippen LogP contribution in [0, 0.1) is 5.92 Å². The Labute approximate surface area is 357 Å². The predicted octanol–water partition coefficient (Wildman–Crippen LogP) is 19.3. The zero-order chi connectivity index (χ0) is 41.2. The molecule has 1 atom stereocenters. The van der Waals surface area contributed by atoms with Gasteiger partial charge in [-0.2, -0.15) is 0 Å². The van der Waals surface area contributed by atoms with E-state index in [1.54, 1.807) is 0 Å². The van der Waals surface area contributed by atoms with Gasteiger partial charge in [-0.3, -0.25) is 4.79 Å². The summed E-state index contributed by atoms with van der Waals surface area (Å²) in [5, 5.41) is 0. The number of hydrogen-bond donors (Lipinski definition) is 0. The lowest BCUT2D eigenvalue weighted by Crippen LogP contribution is -2.14. The molecule has 0 radical (unpaired) electrons. The van der Waals surface area contributed by atoms with Crippen molar-refractivity contribution in [3.05, 3.63) is 97.2 Å². The molecule has 0 aromatic heterocycles. The molecule has 57 heavy (non-hydrogen) atoms. The smallest absolute Gasteiger partial charge is 0.135 e. The molecule has 0 saturated heterocycles. The van der Waals surface area contributed by atoms with E-state index < -0.39 is 0 Å². The molecule has 0 aliphatic carbocycles. The molecule has 0 aliphatic rings. The Balaban J connectivity index is 4.40. The van der Waals surface area contributed by atoms with Gasteiger partial charge in [0.15, 0.2) is 0 Å². The summed E-state index contributed by atoms with van der Waals surface area (Å²) in [6.45, 7) is 6.81. The maximum atomic E-state index is 13.4. The molecule has 326 valence electrons. The largest absolute Gasteiger partial charge is 0.299 e. The van der Waals surface area contributed by atoms with Gasteiger partial charge in [-0.15, -0.1) is 0 Å². The summed E-state index contributed by atoms with van der Waals surface area (Å²) in [7, 11) is 0. The van der Waals surface area contributed by atoms with E-state index in [9.17, 15) is 4.79 Å². The van der Waals surface area contributed by atoms with Crippen molar-refractivity contribution < 1.29 is 4.79 Å². The van der Waals surface area contributed by atoms with Crippen LogP contribution in [0.15, 0.2) is 97.2 Å². The van der Waals surface area contributed by atoms with Gasteiger partial charge >= 0.3 is 0 Å². The number of hydrogen-bond acceptors (Lipinski definition) is 1. The van der Waals surface area contributed by atoms with Crippen molar-refractivity contribution in [1.29, 1.82) is 0 Å². The van der Waals surface area contributed by atoms with Crippen molar-refractivity contribution in [3.8, 4) is 0 Å². The van der Waals surface area contributed by atoms with Gasteiger partial charge in [0.1, 0.15) is 5.78 Å². The first kappa shape index (κ1) is 54.6. The van der Waals surface area contributed by atoms with Crippen LogP contribution in [0.25, 0.3) is 0 Å². The van der Waals surface area contributed by atoms with E-state index >= 15 is 0 Å². The molecule has 0 unspecified atom stereocenters. The first-order chi connectivity index (χ1) is 28.3. The van der Waals surface area contributed by atoms with Crippen molar-refractivity contribution in [2.45, 2.75) is 245 Å². The highest BCUT2D eigenvalue weighted by Crippen LogP contribution is 2.22. The van der Waals surface area contributed by atoms with E-state index in [0.29, 0.717) is 5.78 Å². The summed E-state index contributed by atoms with van der Waals surface area (Å²) in [4.78, 5) is 13.4. The minimum atomic E-state index is 0.255. The number of rotatable bonds is 44. The van der Waals surface area contributed by atoms with Gasteiger partial charge in [0.2, 0.25) is 0 Å². The molecule has 0 spiro atoms. The third kappa shape index (κ3) is 46.2. The van der Waals surface area contributed by atoms with Gasteiger partial charge in [-0.05, 0) is 109 Å². The summed E-state index contributed by atoms with van der Waals surface area (Å²) in [6, 6.07) is 0. The van der Waals surface area contributed by atoms with Crippen LogP contribution in [0.2, 0.25) is 0 Å². The number of unbranched alkanes of at least 4 members (excludes halogenated alkanes) is 21. The topological polar surface area (TPSA) is 17.1 Å². The molecule has 1 heteroatoms. The SMILES string of the molecule is CCCCCC=CCC=CCC=CCC=CCCC[14CH2][C@H](CCCC=CCC=CCC=CCC=CCCCCC)C(=O)CCCCCCCCCCCCCCC. The summed E-state index contributed by atoms with van der Waals surface area (Å²) < 4.78 is 0. The third-order valence-electron chi connectivity index (χ3n) is 11.0. The Morgan fingerprint density at radius 2 is 0.649 bits per heavy atom. The molecule has 0 heterocycles. The quantitative estimate of drug-likeness (QED) is 0.0444. The Hall–Kier alpha value is -2.41. The van der Waals surface area contributed by atoms with E-state index in [0.717, 1.165) is 89.9 Å². The normalized spacial score (nSPS) is 13.3. The van der Waals surface area contributed by atoms with Crippen molar-refractivity contribution in [2.75, 3.05) is 0 Å². The molecule has 0 bridgehead atoms. The number of Topliss-reactive ketones (excluding diaryl/α,β-unsaturated/α-hetero) is 1. The molecular weight excluding hydrogens is 691 g/mol. The zero-order valence-corrected chi connectivity index (χ0v) is 38.5. The second-order valence-corrected chi connectivity index (χ2v) is 16.5. The molecule has 0 saturated carbocycles. The van der Waals surface area contributed by atoms with Gasteiger partial charge in [-0.1, -0.05) is 227 Å². The van der Waals surface area contributed by atoms with Gasteiger partial charge < -0.3 is 0 Å². The average molecular weight is 787 g/mol. The molecule has 0 amide bonds. The standard InChI is InChI=1S/C56H96O/c1-4-7-10-13-16-19-22-25-27-29-31-33-36-38-41-44-47-50-53-55(56(57)54-51-48-45-42-39-34-24-21-18-15-12-9-6-3)52-49-46-43-40-37-35-32-30-28-26-23-20-17-14-11-8-5-2/h16-17,19-20,25-28,31-33,35,38,40-41,43,55H,4-15,18,21-24,29-30,34,36-37,39,42,44-54H2,1-3H3/t55-/m0/s1/i53+2. The molecule has 0 aliphatic heterocycles. The maximum Gasteiger partial charge on any atom is 0.135 e. The van der Waals surface area contributed by atoms with Crippen molar-refractivity contribution in [3.63, 3.8) is 0 Å². The van der Waals surface area contributed by atoms with Crippen molar-refractivity contribution in [2.24, 2.45) is 5.92 Å². The van der Waals surface area contributed by atoms with E-state index in [1.807, 2.05) is 0 Å². The Kier molecular flexibility index (Phi) is 47.6. The van der Waals surface area contributed by atoms with Gasteiger partial charge in [-0.25, -0.2) is 0 Å². The molecule has 0 aromatic carbocycles.